The average Bonchev–Trinajstić information content (AvgIpc) is 2.97. The van der Waals surface area contributed by atoms with Gasteiger partial charge in [-0.3, -0.25) is 0 Å². The van der Waals surface area contributed by atoms with E-state index in [9.17, 15) is 4.39 Å². The van der Waals surface area contributed by atoms with Gasteiger partial charge >= 0.3 is 0 Å². The predicted octanol–water partition coefficient (Wildman–Crippen LogP) is 3.49. The van der Waals surface area contributed by atoms with Crippen molar-refractivity contribution in [2.24, 2.45) is 0 Å². The summed E-state index contributed by atoms with van der Waals surface area (Å²) in [4.78, 5) is 9.56. The molecule has 0 saturated heterocycles. The van der Waals surface area contributed by atoms with Gasteiger partial charge in [-0.25, -0.2) is 9.37 Å². The van der Waals surface area contributed by atoms with E-state index in [0.29, 0.717) is 17.5 Å². The zero-order valence-corrected chi connectivity index (χ0v) is 11.8. The maximum atomic E-state index is 13.3. The fourth-order valence-corrected chi connectivity index (χ4v) is 2.65. The van der Waals surface area contributed by atoms with E-state index in [1.807, 2.05) is 17.5 Å². The molecular weight excluding hydrogens is 289 g/mol. The second kappa shape index (κ2) is 5.34. The van der Waals surface area contributed by atoms with Gasteiger partial charge in [0.25, 0.3) is 0 Å². The maximum Gasteiger partial charge on any atom is 0.225 e. The van der Waals surface area contributed by atoms with Crippen molar-refractivity contribution in [3.63, 3.8) is 0 Å². The highest BCUT2D eigenvalue weighted by Gasteiger charge is 2.10. The minimum atomic E-state index is -0.540. The molecule has 0 aliphatic carbocycles. The largest absolute Gasteiger partial charge is 0.357 e. The van der Waals surface area contributed by atoms with Crippen LogP contribution in [0.5, 0.6) is 0 Å². The molecule has 21 heavy (non-hydrogen) atoms. The van der Waals surface area contributed by atoms with E-state index in [0.717, 1.165) is 10.2 Å². The molecule has 0 atom stereocenters. The summed E-state index contributed by atoms with van der Waals surface area (Å²) in [6.07, 6.45) is 0. The van der Waals surface area contributed by atoms with Gasteiger partial charge in [0, 0.05) is 12.7 Å². The molecule has 3 rings (SSSR count). The molecule has 0 fully saturated rings. The number of hydrogen-bond acceptors (Lipinski definition) is 6. The van der Waals surface area contributed by atoms with Crippen molar-refractivity contribution < 1.29 is 4.39 Å². The highest BCUT2D eigenvalue weighted by Crippen LogP contribution is 2.29. The van der Waals surface area contributed by atoms with Crippen LogP contribution in [0.3, 0.4) is 0 Å². The van der Waals surface area contributed by atoms with E-state index in [-0.39, 0.29) is 5.56 Å². The Hall–Kier alpha value is -2.72. The van der Waals surface area contributed by atoms with Crippen LogP contribution in [0.2, 0.25) is 0 Å². The van der Waals surface area contributed by atoms with Crippen LogP contribution >= 0.6 is 11.3 Å². The first-order valence-electron chi connectivity index (χ1n) is 6.11. The Kier molecular flexibility index (Phi) is 3.38. The number of halogens is 1. The molecule has 5 nitrogen and oxygen atoms in total. The van der Waals surface area contributed by atoms with Gasteiger partial charge in [0.15, 0.2) is 0 Å². The van der Waals surface area contributed by atoms with Crippen LogP contribution in [0.1, 0.15) is 5.56 Å². The van der Waals surface area contributed by atoms with Gasteiger partial charge in [-0.05, 0) is 29.6 Å². The topological polar surface area (TPSA) is 73.6 Å². The average molecular weight is 299 g/mol. The molecule has 0 amide bonds. The SMILES string of the molecule is CNc1nc(Nc2ccc(F)c(C#N)c2)c2ccsc2n1. The summed E-state index contributed by atoms with van der Waals surface area (Å²) >= 11 is 1.51. The second-order valence-electron chi connectivity index (χ2n) is 4.22. The van der Waals surface area contributed by atoms with Crippen molar-refractivity contribution >= 4 is 39.0 Å². The molecule has 0 aliphatic rings. The third kappa shape index (κ3) is 2.49. The molecule has 0 unspecified atom stereocenters. The Bertz CT molecular complexity index is 852. The first kappa shape index (κ1) is 13.3. The summed E-state index contributed by atoms with van der Waals surface area (Å²) in [5, 5.41) is 17.7. The Morgan fingerprint density at radius 3 is 2.90 bits per heavy atom. The van der Waals surface area contributed by atoms with Gasteiger partial charge in [-0.15, -0.1) is 11.3 Å². The number of thiophene rings is 1. The van der Waals surface area contributed by atoms with Crippen LogP contribution in [0.4, 0.5) is 21.8 Å². The summed E-state index contributed by atoms with van der Waals surface area (Å²) in [6, 6.07) is 8.01. The number of rotatable bonds is 3. The van der Waals surface area contributed by atoms with E-state index in [4.69, 9.17) is 5.26 Å². The Labute approximate surface area is 124 Å². The van der Waals surface area contributed by atoms with Crippen LogP contribution in [-0.4, -0.2) is 17.0 Å². The smallest absolute Gasteiger partial charge is 0.225 e. The van der Waals surface area contributed by atoms with Crippen molar-refractivity contribution in [3.05, 3.63) is 41.0 Å². The number of aromatic nitrogens is 2. The van der Waals surface area contributed by atoms with Gasteiger partial charge < -0.3 is 10.6 Å². The van der Waals surface area contributed by atoms with Gasteiger partial charge in [0.1, 0.15) is 22.5 Å². The highest BCUT2D eigenvalue weighted by atomic mass is 32.1. The summed E-state index contributed by atoms with van der Waals surface area (Å²) in [6.45, 7) is 0. The third-order valence-corrected chi connectivity index (χ3v) is 3.70. The molecule has 0 bridgehead atoms. The van der Waals surface area contributed by atoms with Crippen molar-refractivity contribution in [3.8, 4) is 6.07 Å². The number of benzene rings is 1. The van der Waals surface area contributed by atoms with Crippen LogP contribution < -0.4 is 10.6 Å². The van der Waals surface area contributed by atoms with Crippen LogP contribution in [0.25, 0.3) is 10.2 Å². The molecule has 2 heterocycles. The van der Waals surface area contributed by atoms with E-state index < -0.39 is 5.82 Å². The summed E-state index contributed by atoms with van der Waals surface area (Å²) in [5.41, 5.74) is 0.589. The quantitative estimate of drug-likeness (QED) is 0.774. The fourth-order valence-electron chi connectivity index (χ4n) is 1.89. The van der Waals surface area contributed by atoms with E-state index in [2.05, 4.69) is 20.6 Å². The van der Waals surface area contributed by atoms with Crippen molar-refractivity contribution in [2.45, 2.75) is 0 Å². The number of anilines is 3. The third-order valence-electron chi connectivity index (χ3n) is 2.90. The molecule has 7 heteroatoms. The summed E-state index contributed by atoms with van der Waals surface area (Å²) in [7, 11) is 1.74. The van der Waals surface area contributed by atoms with Crippen LogP contribution in [0.15, 0.2) is 29.6 Å². The lowest BCUT2D eigenvalue weighted by molar-refractivity contribution is 0.624. The molecular formula is C14H10FN5S. The van der Waals surface area contributed by atoms with Crippen LogP contribution in [0, 0.1) is 17.1 Å². The first-order valence-corrected chi connectivity index (χ1v) is 6.99. The van der Waals surface area contributed by atoms with Crippen molar-refractivity contribution in [1.82, 2.24) is 9.97 Å². The van der Waals surface area contributed by atoms with Gasteiger partial charge in [-0.2, -0.15) is 10.2 Å². The Morgan fingerprint density at radius 2 is 2.14 bits per heavy atom. The van der Waals surface area contributed by atoms with Crippen molar-refractivity contribution in [1.29, 1.82) is 5.26 Å². The lowest BCUT2D eigenvalue weighted by atomic mass is 10.2. The number of nitrogens with one attached hydrogen (secondary N) is 2. The van der Waals surface area contributed by atoms with Crippen molar-refractivity contribution in [2.75, 3.05) is 17.7 Å². The number of hydrogen-bond donors (Lipinski definition) is 2. The molecule has 0 spiro atoms. The molecule has 2 N–H and O–H groups in total. The molecule has 2 aromatic heterocycles. The summed E-state index contributed by atoms with van der Waals surface area (Å²) in [5.74, 6) is 0.568. The molecule has 0 aliphatic heterocycles. The minimum absolute atomic E-state index is 0.00976. The van der Waals surface area contributed by atoms with Gasteiger partial charge in [0.2, 0.25) is 5.95 Å². The maximum absolute atomic E-state index is 13.3. The standard InChI is InChI=1S/C14H10FN5S/c1-17-14-19-12(10-4-5-21-13(10)20-14)18-9-2-3-11(15)8(6-9)7-16/h2-6H,1H3,(H2,17,18,19,20). The Morgan fingerprint density at radius 1 is 1.29 bits per heavy atom. The number of nitrogens with zero attached hydrogens (tertiary/aromatic N) is 3. The van der Waals surface area contributed by atoms with E-state index >= 15 is 0 Å². The zero-order valence-electron chi connectivity index (χ0n) is 11.0. The fraction of sp³-hybridized carbons (Fsp3) is 0.0714. The zero-order chi connectivity index (χ0) is 14.8. The monoisotopic (exact) mass is 299 g/mol. The predicted molar refractivity (Wildman–Crippen MR) is 81.4 cm³/mol. The van der Waals surface area contributed by atoms with E-state index in [1.165, 1.54) is 23.5 Å². The lowest BCUT2D eigenvalue weighted by Gasteiger charge is -2.09. The van der Waals surface area contributed by atoms with Gasteiger partial charge in [-0.1, -0.05) is 0 Å². The summed E-state index contributed by atoms with van der Waals surface area (Å²) < 4.78 is 13.3. The lowest BCUT2D eigenvalue weighted by Crippen LogP contribution is -2.01. The van der Waals surface area contributed by atoms with E-state index in [1.54, 1.807) is 13.1 Å². The Balaban J connectivity index is 2.05. The first-order chi connectivity index (χ1) is 10.2. The normalized spacial score (nSPS) is 10.3. The molecule has 0 radical (unpaired) electrons. The molecule has 0 saturated carbocycles. The number of fused-ring (bicyclic) bond motifs is 1. The molecule has 1 aromatic carbocycles. The molecule has 104 valence electrons. The van der Waals surface area contributed by atoms with Gasteiger partial charge in [0.05, 0.1) is 10.9 Å². The number of nitriles is 1. The highest BCUT2D eigenvalue weighted by molar-refractivity contribution is 7.16. The minimum Gasteiger partial charge on any atom is -0.357 e. The van der Waals surface area contributed by atoms with Crippen LogP contribution in [-0.2, 0) is 0 Å². The molecule has 3 aromatic rings. The second-order valence-corrected chi connectivity index (χ2v) is 5.11.